The highest BCUT2D eigenvalue weighted by Crippen LogP contribution is 2.11. The maximum atomic E-state index is 5.80. The van der Waals surface area contributed by atoms with Gasteiger partial charge < -0.3 is 5.73 Å². The van der Waals surface area contributed by atoms with Gasteiger partial charge in [-0.1, -0.05) is 37.3 Å². The molecule has 0 aliphatic carbocycles. The number of nitrogens with two attached hydrogens (primary N) is 1. The first-order valence-corrected chi connectivity index (χ1v) is 7.22. The monoisotopic (exact) mass is 269 g/mol. The van der Waals surface area contributed by atoms with Gasteiger partial charge in [0, 0.05) is 37.9 Å². The van der Waals surface area contributed by atoms with Gasteiger partial charge in [0.05, 0.1) is 0 Å². The molecule has 0 spiro atoms. The van der Waals surface area contributed by atoms with E-state index < -0.39 is 0 Å². The fraction of sp³-hybridized carbons (Fsp3) is 0.353. The van der Waals surface area contributed by atoms with Gasteiger partial charge >= 0.3 is 0 Å². The van der Waals surface area contributed by atoms with E-state index in [-0.39, 0.29) is 0 Å². The molecule has 0 radical (unpaired) electrons. The second-order valence-electron chi connectivity index (χ2n) is 4.91. The molecule has 1 aromatic carbocycles. The van der Waals surface area contributed by atoms with Crippen LogP contribution in [0.15, 0.2) is 48.7 Å². The summed E-state index contributed by atoms with van der Waals surface area (Å²) in [5.74, 6) is 0. The first kappa shape index (κ1) is 14.7. The van der Waals surface area contributed by atoms with E-state index in [4.69, 9.17) is 5.73 Å². The molecular formula is C17H23N3. The van der Waals surface area contributed by atoms with Crippen molar-refractivity contribution >= 4 is 0 Å². The lowest BCUT2D eigenvalue weighted by Gasteiger charge is -2.21. The number of benzene rings is 1. The molecule has 2 N–H and O–H groups in total. The zero-order chi connectivity index (χ0) is 14.2. The van der Waals surface area contributed by atoms with Crippen LogP contribution in [-0.2, 0) is 19.5 Å². The average Bonchev–Trinajstić information content (AvgIpc) is 2.52. The van der Waals surface area contributed by atoms with Crippen LogP contribution in [0.5, 0.6) is 0 Å². The third-order valence-corrected chi connectivity index (χ3v) is 3.59. The summed E-state index contributed by atoms with van der Waals surface area (Å²) in [6, 6.07) is 14.5. The molecule has 1 heterocycles. The van der Waals surface area contributed by atoms with Crippen molar-refractivity contribution in [1.82, 2.24) is 9.88 Å². The summed E-state index contributed by atoms with van der Waals surface area (Å²) >= 11 is 0. The fourth-order valence-electron chi connectivity index (χ4n) is 2.32. The molecule has 0 fully saturated rings. The van der Waals surface area contributed by atoms with Crippen LogP contribution >= 0.6 is 0 Å². The molecule has 106 valence electrons. The van der Waals surface area contributed by atoms with E-state index in [0.717, 1.165) is 31.7 Å². The van der Waals surface area contributed by atoms with E-state index in [1.165, 1.54) is 11.1 Å². The Morgan fingerprint density at radius 2 is 1.80 bits per heavy atom. The largest absolute Gasteiger partial charge is 0.326 e. The standard InChI is InChI=1S/C17H23N3/c1-2-20(12-10-17-9-5-6-11-19-17)14-16-8-4-3-7-15(16)13-18/h3-9,11H,2,10,12-14,18H2,1H3. The van der Waals surface area contributed by atoms with Crippen LogP contribution in [0.25, 0.3) is 0 Å². The van der Waals surface area contributed by atoms with Crippen molar-refractivity contribution in [3.8, 4) is 0 Å². The molecule has 0 atom stereocenters. The Bertz CT molecular complexity index is 511. The van der Waals surface area contributed by atoms with Crippen molar-refractivity contribution in [2.75, 3.05) is 13.1 Å². The van der Waals surface area contributed by atoms with Crippen molar-refractivity contribution in [3.05, 3.63) is 65.5 Å². The average molecular weight is 269 g/mol. The predicted octanol–water partition coefficient (Wildman–Crippen LogP) is 2.60. The van der Waals surface area contributed by atoms with Gasteiger partial charge in [0.2, 0.25) is 0 Å². The molecule has 0 bridgehead atoms. The topological polar surface area (TPSA) is 42.2 Å². The predicted molar refractivity (Wildman–Crippen MR) is 83.2 cm³/mol. The van der Waals surface area contributed by atoms with Gasteiger partial charge in [-0.05, 0) is 29.8 Å². The number of nitrogens with zero attached hydrogens (tertiary/aromatic N) is 2. The van der Waals surface area contributed by atoms with E-state index in [1.807, 2.05) is 18.3 Å². The second-order valence-corrected chi connectivity index (χ2v) is 4.91. The lowest BCUT2D eigenvalue weighted by molar-refractivity contribution is 0.282. The Morgan fingerprint density at radius 1 is 1.05 bits per heavy atom. The van der Waals surface area contributed by atoms with Crippen LogP contribution in [0.1, 0.15) is 23.7 Å². The highest BCUT2D eigenvalue weighted by molar-refractivity contribution is 5.26. The SMILES string of the molecule is CCN(CCc1ccccn1)Cc1ccccc1CN. The van der Waals surface area contributed by atoms with Crippen LogP contribution in [0.3, 0.4) is 0 Å². The lowest BCUT2D eigenvalue weighted by atomic mass is 10.1. The van der Waals surface area contributed by atoms with Crippen LogP contribution in [0.2, 0.25) is 0 Å². The zero-order valence-electron chi connectivity index (χ0n) is 12.1. The fourth-order valence-corrected chi connectivity index (χ4v) is 2.32. The summed E-state index contributed by atoms with van der Waals surface area (Å²) in [7, 11) is 0. The molecule has 1 aromatic heterocycles. The highest BCUT2D eigenvalue weighted by Gasteiger charge is 2.07. The minimum absolute atomic E-state index is 0.605. The molecule has 0 aliphatic rings. The smallest absolute Gasteiger partial charge is 0.0416 e. The zero-order valence-corrected chi connectivity index (χ0v) is 12.1. The molecule has 3 heteroatoms. The highest BCUT2D eigenvalue weighted by atomic mass is 15.1. The lowest BCUT2D eigenvalue weighted by Crippen LogP contribution is -2.26. The number of hydrogen-bond donors (Lipinski definition) is 1. The van der Waals surface area contributed by atoms with E-state index >= 15 is 0 Å². The molecule has 0 saturated heterocycles. The number of aromatic nitrogens is 1. The van der Waals surface area contributed by atoms with Crippen molar-refractivity contribution in [2.24, 2.45) is 5.73 Å². The maximum absolute atomic E-state index is 5.80. The van der Waals surface area contributed by atoms with Gasteiger partial charge in [-0.25, -0.2) is 0 Å². The molecule has 0 amide bonds. The molecule has 0 aliphatic heterocycles. The molecule has 2 aromatic rings. The summed E-state index contributed by atoms with van der Waals surface area (Å²) in [4.78, 5) is 6.81. The summed E-state index contributed by atoms with van der Waals surface area (Å²) in [6.45, 7) is 5.81. The first-order chi connectivity index (χ1) is 9.83. The Labute approximate surface area is 121 Å². The quantitative estimate of drug-likeness (QED) is 0.840. The van der Waals surface area contributed by atoms with Crippen LogP contribution in [0, 0.1) is 0 Å². The van der Waals surface area contributed by atoms with E-state index in [1.54, 1.807) is 0 Å². The number of rotatable bonds is 7. The van der Waals surface area contributed by atoms with Gasteiger partial charge in [-0.15, -0.1) is 0 Å². The number of likely N-dealkylation sites (N-methyl/N-ethyl adjacent to an activating group) is 1. The first-order valence-electron chi connectivity index (χ1n) is 7.22. The summed E-state index contributed by atoms with van der Waals surface area (Å²) in [5.41, 5.74) is 9.53. The van der Waals surface area contributed by atoms with Crippen LogP contribution in [0.4, 0.5) is 0 Å². The normalized spacial score (nSPS) is 10.9. The van der Waals surface area contributed by atoms with Gasteiger partial charge in [0.1, 0.15) is 0 Å². The summed E-state index contributed by atoms with van der Waals surface area (Å²) in [6.07, 6.45) is 2.84. The third-order valence-electron chi connectivity index (χ3n) is 3.59. The molecule has 3 nitrogen and oxygen atoms in total. The van der Waals surface area contributed by atoms with E-state index in [2.05, 4.69) is 47.1 Å². The molecule has 2 rings (SSSR count). The minimum Gasteiger partial charge on any atom is -0.326 e. The number of hydrogen-bond acceptors (Lipinski definition) is 3. The van der Waals surface area contributed by atoms with Crippen LogP contribution in [-0.4, -0.2) is 23.0 Å². The Kier molecular flexibility index (Phi) is 5.71. The summed E-state index contributed by atoms with van der Waals surface area (Å²) in [5, 5.41) is 0. The van der Waals surface area contributed by atoms with E-state index in [0.29, 0.717) is 6.54 Å². The van der Waals surface area contributed by atoms with Crippen LogP contribution < -0.4 is 5.73 Å². The van der Waals surface area contributed by atoms with Crippen molar-refractivity contribution in [2.45, 2.75) is 26.4 Å². The van der Waals surface area contributed by atoms with Crippen molar-refractivity contribution in [1.29, 1.82) is 0 Å². The van der Waals surface area contributed by atoms with Crippen molar-refractivity contribution in [3.63, 3.8) is 0 Å². The number of pyridine rings is 1. The molecule has 0 unspecified atom stereocenters. The van der Waals surface area contributed by atoms with Gasteiger partial charge in [-0.2, -0.15) is 0 Å². The van der Waals surface area contributed by atoms with Gasteiger partial charge in [0.15, 0.2) is 0 Å². The van der Waals surface area contributed by atoms with Gasteiger partial charge in [-0.3, -0.25) is 9.88 Å². The second kappa shape index (κ2) is 7.78. The van der Waals surface area contributed by atoms with Gasteiger partial charge in [0.25, 0.3) is 0 Å². The molecule has 0 saturated carbocycles. The van der Waals surface area contributed by atoms with E-state index in [9.17, 15) is 0 Å². The summed E-state index contributed by atoms with van der Waals surface area (Å²) < 4.78 is 0. The van der Waals surface area contributed by atoms with Crippen molar-refractivity contribution < 1.29 is 0 Å². The molecular weight excluding hydrogens is 246 g/mol. The third kappa shape index (κ3) is 4.15. The Hall–Kier alpha value is -1.71. The maximum Gasteiger partial charge on any atom is 0.0416 e. The molecule has 20 heavy (non-hydrogen) atoms. The Morgan fingerprint density at radius 3 is 2.45 bits per heavy atom. The Balaban J connectivity index is 1.95. The minimum atomic E-state index is 0.605.